The van der Waals surface area contributed by atoms with Gasteiger partial charge in [-0.1, -0.05) is 6.92 Å². The fourth-order valence-corrected chi connectivity index (χ4v) is 5.61. The van der Waals surface area contributed by atoms with Gasteiger partial charge >= 0.3 is 0 Å². The molecule has 6 nitrogen and oxygen atoms in total. The second kappa shape index (κ2) is 6.62. The van der Waals surface area contributed by atoms with E-state index in [0.717, 1.165) is 12.2 Å². The van der Waals surface area contributed by atoms with Crippen molar-refractivity contribution in [1.82, 2.24) is 15.3 Å². The van der Waals surface area contributed by atoms with Crippen LogP contribution in [0.3, 0.4) is 0 Å². The van der Waals surface area contributed by atoms with E-state index in [9.17, 15) is 13.2 Å². The van der Waals surface area contributed by atoms with Crippen LogP contribution in [0, 0.1) is 0 Å². The first-order valence-electron chi connectivity index (χ1n) is 6.61. The van der Waals surface area contributed by atoms with Gasteiger partial charge in [0.15, 0.2) is 9.84 Å². The number of nitrogens with one attached hydrogen (secondary N) is 2. The van der Waals surface area contributed by atoms with E-state index < -0.39 is 9.84 Å². The molecule has 8 heteroatoms. The standard InChI is InChI=1S/C12H19N3O3S2/c1-2-10(12-13-4-5-14-12)15-11(16)7-19-9-3-6-20(17,18)8-9/h4-5,9-10H,2-3,6-8H2,1H3,(H,13,14)(H,15,16). The van der Waals surface area contributed by atoms with Gasteiger partial charge in [-0.25, -0.2) is 13.4 Å². The van der Waals surface area contributed by atoms with Gasteiger partial charge < -0.3 is 10.3 Å². The number of amides is 1. The molecule has 20 heavy (non-hydrogen) atoms. The molecule has 1 aliphatic heterocycles. The van der Waals surface area contributed by atoms with E-state index in [4.69, 9.17) is 0 Å². The van der Waals surface area contributed by atoms with Crippen LogP contribution in [0.2, 0.25) is 0 Å². The molecule has 1 saturated heterocycles. The maximum atomic E-state index is 11.9. The lowest BCUT2D eigenvalue weighted by Gasteiger charge is -2.15. The zero-order valence-corrected chi connectivity index (χ0v) is 13.0. The Morgan fingerprint density at radius 2 is 2.45 bits per heavy atom. The molecule has 1 aliphatic rings. The van der Waals surface area contributed by atoms with Crippen molar-refractivity contribution in [3.63, 3.8) is 0 Å². The Labute approximate surface area is 123 Å². The van der Waals surface area contributed by atoms with Crippen molar-refractivity contribution in [2.45, 2.75) is 31.1 Å². The smallest absolute Gasteiger partial charge is 0.230 e. The number of nitrogens with zero attached hydrogens (tertiary/aromatic N) is 1. The number of thioether (sulfide) groups is 1. The molecular formula is C12H19N3O3S2. The number of aromatic amines is 1. The van der Waals surface area contributed by atoms with Gasteiger partial charge in [-0.3, -0.25) is 4.79 Å². The summed E-state index contributed by atoms with van der Waals surface area (Å²) in [5.41, 5.74) is 0. The molecule has 0 radical (unpaired) electrons. The van der Waals surface area contributed by atoms with E-state index in [1.54, 1.807) is 12.4 Å². The summed E-state index contributed by atoms with van der Waals surface area (Å²) in [6.45, 7) is 1.98. The van der Waals surface area contributed by atoms with Gasteiger partial charge in [0.2, 0.25) is 5.91 Å². The predicted molar refractivity (Wildman–Crippen MR) is 79.3 cm³/mol. The van der Waals surface area contributed by atoms with Crippen LogP contribution >= 0.6 is 11.8 Å². The molecule has 2 atom stereocenters. The number of imidazole rings is 1. The van der Waals surface area contributed by atoms with E-state index in [1.807, 2.05) is 6.92 Å². The predicted octanol–water partition coefficient (Wildman–Crippen LogP) is 0.897. The van der Waals surface area contributed by atoms with Crippen molar-refractivity contribution in [1.29, 1.82) is 0 Å². The highest BCUT2D eigenvalue weighted by molar-refractivity contribution is 8.02. The lowest BCUT2D eigenvalue weighted by Crippen LogP contribution is -2.31. The van der Waals surface area contributed by atoms with Gasteiger partial charge in [-0.15, -0.1) is 11.8 Å². The number of carbonyl (C=O) groups excluding carboxylic acids is 1. The van der Waals surface area contributed by atoms with Crippen LogP contribution in [-0.2, 0) is 14.6 Å². The van der Waals surface area contributed by atoms with Crippen LogP contribution in [0.5, 0.6) is 0 Å². The van der Waals surface area contributed by atoms with E-state index in [2.05, 4.69) is 15.3 Å². The molecule has 0 saturated carbocycles. The second-order valence-corrected chi connectivity index (χ2v) is 8.36. The summed E-state index contributed by atoms with van der Waals surface area (Å²) in [6.07, 6.45) is 4.78. The van der Waals surface area contributed by atoms with Crippen LogP contribution in [0.15, 0.2) is 12.4 Å². The van der Waals surface area contributed by atoms with Gasteiger partial charge in [-0.05, 0) is 12.8 Å². The van der Waals surface area contributed by atoms with Gasteiger partial charge in [0.1, 0.15) is 5.82 Å². The number of sulfone groups is 1. The normalized spacial score (nSPS) is 22.6. The van der Waals surface area contributed by atoms with E-state index in [1.165, 1.54) is 11.8 Å². The maximum Gasteiger partial charge on any atom is 0.230 e. The average Bonchev–Trinajstić information content (AvgIpc) is 3.03. The van der Waals surface area contributed by atoms with Gasteiger partial charge in [0.05, 0.1) is 23.3 Å². The Balaban J connectivity index is 1.78. The van der Waals surface area contributed by atoms with Crippen molar-refractivity contribution < 1.29 is 13.2 Å². The largest absolute Gasteiger partial charge is 0.347 e. The zero-order valence-electron chi connectivity index (χ0n) is 11.3. The van der Waals surface area contributed by atoms with E-state index in [0.29, 0.717) is 6.42 Å². The monoisotopic (exact) mass is 317 g/mol. The number of hydrogen-bond acceptors (Lipinski definition) is 5. The summed E-state index contributed by atoms with van der Waals surface area (Å²) in [5.74, 6) is 1.39. The Hall–Kier alpha value is -1.02. The van der Waals surface area contributed by atoms with Crippen LogP contribution in [0.4, 0.5) is 0 Å². The van der Waals surface area contributed by atoms with Crippen molar-refractivity contribution in [2.24, 2.45) is 0 Å². The van der Waals surface area contributed by atoms with Gasteiger partial charge in [-0.2, -0.15) is 0 Å². The molecule has 1 aromatic rings. The summed E-state index contributed by atoms with van der Waals surface area (Å²) < 4.78 is 22.7. The fraction of sp³-hybridized carbons (Fsp3) is 0.667. The molecule has 1 aromatic heterocycles. The zero-order chi connectivity index (χ0) is 14.6. The van der Waals surface area contributed by atoms with E-state index >= 15 is 0 Å². The number of H-pyrrole nitrogens is 1. The maximum absolute atomic E-state index is 11.9. The lowest BCUT2D eigenvalue weighted by atomic mass is 10.2. The summed E-state index contributed by atoms with van der Waals surface area (Å²) in [6, 6.07) is -0.120. The van der Waals surface area contributed by atoms with Crippen molar-refractivity contribution in [2.75, 3.05) is 17.3 Å². The molecule has 112 valence electrons. The average molecular weight is 317 g/mol. The first kappa shape index (κ1) is 15.4. The molecule has 1 amide bonds. The Bertz CT molecular complexity index is 542. The molecule has 1 fully saturated rings. The molecule has 2 N–H and O–H groups in total. The van der Waals surface area contributed by atoms with Gasteiger partial charge in [0, 0.05) is 17.6 Å². The molecule has 2 unspecified atom stereocenters. The third kappa shape index (κ3) is 4.24. The number of rotatable bonds is 6. The summed E-state index contributed by atoms with van der Waals surface area (Å²) in [5, 5.41) is 2.96. The molecule has 0 bridgehead atoms. The van der Waals surface area contributed by atoms with Crippen LogP contribution in [-0.4, -0.2) is 46.8 Å². The molecule has 0 aliphatic carbocycles. The Kier molecular flexibility index (Phi) is 5.09. The number of hydrogen-bond donors (Lipinski definition) is 2. The highest BCUT2D eigenvalue weighted by Crippen LogP contribution is 2.24. The third-order valence-electron chi connectivity index (χ3n) is 3.23. The topological polar surface area (TPSA) is 91.9 Å². The van der Waals surface area contributed by atoms with Crippen LogP contribution < -0.4 is 5.32 Å². The molecular weight excluding hydrogens is 298 g/mol. The van der Waals surface area contributed by atoms with Crippen molar-refractivity contribution in [3.05, 3.63) is 18.2 Å². The summed E-state index contributed by atoms with van der Waals surface area (Å²) >= 11 is 1.42. The first-order chi connectivity index (χ1) is 9.50. The molecule has 2 heterocycles. The quantitative estimate of drug-likeness (QED) is 0.813. The van der Waals surface area contributed by atoms with Gasteiger partial charge in [0.25, 0.3) is 0 Å². The summed E-state index contributed by atoms with van der Waals surface area (Å²) in [4.78, 5) is 19.0. The van der Waals surface area contributed by atoms with Crippen LogP contribution in [0.25, 0.3) is 0 Å². The van der Waals surface area contributed by atoms with Crippen LogP contribution in [0.1, 0.15) is 31.6 Å². The highest BCUT2D eigenvalue weighted by atomic mass is 32.2. The van der Waals surface area contributed by atoms with Crippen molar-refractivity contribution >= 4 is 27.5 Å². The third-order valence-corrected chi connectivity index (χ3v) is 6.52. The molecule has 2 rings (SSSR count). The molecule has 0 spiro atoms. The minimum atomic E-state index is -2.87. The number of carbonyl (C=O) groups is 1. The minimum Gasteiger partial charge on any atom is -0.347 e. The van der Waals surface area contributed by atoms with E-state index in [-0.39, 0.29) is 34.5 Å². The second-order valence-electron chi connectivity index (χ2n) is 4.84. The Morgan fingerprint density at radius 3 is 3.00 bits per heavy atom. The lowest BCUT2D eigenvalue weighted by molar-refractivity contribution is -0.119. The highest BCUT2D eigenvalue weighted by Gasteiger charge is 2.28. The fourth-order valence-electron chi connectivity index (χ4n) is 2.15. The van der Waals surface area contributed by atoms with Crippen molar-refractivity contribution in [3.8, 4) is 0 Å². The number of aromatic nitrogens is 2. The summed E-state index contributed by atoms with van der Waals surface area (Å²) in [7, 11) is -2.87. The minimum absolute atomic E-state index is 0.0504. The SMILES string of the molecule is CCC(NC(=O)CSC1CCS(=O)(=O)C1)c1ncc[nH]1. The Morgan fingerprint density at radius 1 is 1.65 bits per heavy atom. The first-order valence-corrected chi connectivity index (χ1v) is 9.48. The molecule has 0 aromatic carbocycles.